The molecule has 6 heteroatoms. The monoisotopic (exact) mass is 583 g/mol. The van der Waals surface area contributed by atoms with E-state index in [-0.39, 0.29) is 27.1 Å². The predicted octanol–water partition coefficient (Wildman–Crippen LogP) is 1.01. The average molecular weight is 583 g/mol. The van der Waals surface area contributed by atoms with E-state index in [0.717, 1.165) is 49.3 Å². The Morgan fingerprint density at radius 2 is 2.06 bits per heavy atom. The maximum atomic E-state index is 13.8. The minimum atomic E-state index is -0.571. The molecule has 5 unspecified atom stereocenters. The van der Waals surface area contributed by atoms with Gasteiger partial charge in [0.2, 0.25) is 0 Å². The number of piperidine rings is 1. The Morgan fingerprint density at radius 1 is 1.17 bits per heavy atom. The van der Waals surface area contributed by atoms with Gasteiger partial charge in [0.1, 0.15) is 0 Å². The molecule has 1 amide bonds. The molecule has 0 spiro atoms. The first-order valence-corrected chi connectivity index (χ1v) is 15.5. The molecule has 3 aliphatic carbocycles. The van der Waals surface area contributed by atoms with Gasteiger partial charge in [0.05, 0.1) is 0 Å². The number of rotatable bonds is 3. The number of hydrogen-bond donors (Lipinski definition) is 1. The van der Waals surface area contributed by atoms with Crippen LogP contribution in [0.25, 0.3) is 0 Å². The zero-order chi connectivity index (χ0) is 23.5. The van der Waals surface area contributed by atoms with Crippen LogP contribution in [-0.2, 0) is 16.6 Å². The zero-order valence-electron chi connectivity index (χ0n) is 20.1. The third kappa shape index (κ3) is 2.74. The van der Waals surface area contributed by atoms with E-state index in [4.69, 9.17) is 4.74 Å². The summed E-state index contributed by atoms with van der Waals surface area (Å²) in [7, 11) is 0. The fraction of sp³-hybridized carbons (Fsp3) is 0.552. The van der Waals surface area contributed by atoms with Gasteiger partial charge in [-0.2, -0.15) is 0 Å². The van der Waals surface area contributed by atoms with Crippen molar-refractivity contribution in [1.82, 2.24) is 8.01 Å². The Kier molecular flexibility index (Phi) is 4.43. The number of fused-ring (bicyclic) bond motifs is 1. The normalized spacial score (nSPS) is 39.1. The number of aromatic hydroxyl groups is 1. The molecule has 2 aromatic rings. The molecule has 6 atom stereocenters. The molecular formula is C29H32IN2O3-. The van der Waals surface area contributed by atoms with Crippen molar-refractivity contribution in [3.05, 3.63) is 64.7 Å². The first-order valence-electron chi connectivity index (χ1n) is 13.3. The standard InChI is InChI=1S/C29H32IN2O3/c1-17-3-2-4-20(13-17)27(34)32-23-9-10-29-24-14-19-7-8-21(33)15-22(19)28(29,25(23)26(30-32)35-29)11-12-31(24)16-18-5-6-18/h2-4,7-8,13,15,18,23-26,33H,5-6,9-12,14,16H2,1H3/q-1/t23?,24?,25?,26-,28?,29?/m0/s1. The second-order valence-electron chi connectivity index (χ2n) is 11.8. The molecule has 3 aliphatic heterocycles. The first kappa shape index (κ1) is 21.4. The van der Waals surface area contributed by atoms with Crippen LogP contribution in [0.5, 0.6) is 5.75 Å². The molecule has 35 heavy (non-hydrogen) atoms. The fourth-order valence-electron chi connectivity index (χ4n) is 8.56. The third-order valence-electron chi connectivity index (χ3n) is 10.1. The van der Waals surface area contributed by atoms with Crippen molar-refractivity contribution in [1.29, 1.82) is 0 Å². The minimum absolute atomic E-state index is 0.0843. The number of phenolic OH excluding ortho intramolecular Hbond substituents is 1. The van der Waals surface area contributed by atoms with Gasteiger partial charge in [-0.25, -0.2) is 0 Å². The van der Waals surface area contributed by atoms with E-state index in [2.05, 4.69) is 33.1 Å². The van der Waals surface area contributed by atoms with Gasteiger partial charge in [-0.15, -0.1) is 0 Å². The number of aryl methyl sites for hydroxylation is 1. The summed E-state index contributed by atoms with van der Waals surface area (Å²) in [5, 5.41) is 10.6. The molecule has 8 rings (SSSR count). The summed E-state index contributed by atoms with van der Waals surface area (Å²) in [6, 6.07) is 14.8. The van der Waals surface area contributed by atoms with E-state index in [0.29, 0.717) is 17.7 Å². The summed E-state index contributed by atoms with van der Waals surface area (Å²) in [6.07, 6.45) is 6.93. The molecule has 5 nitrogen and oxygen atoms in total. The quantitative estimate of drug-likeness (QED) is 0.333. The van der Waals surface area contributed by atoms with Gasteiger partial charge in [0.15, 0.2) is 0 Å². The second-order valence-corrected chi connectivity index (χ2v) is 14.6. The summed E-state index contributed by atoms with van der Waals surface area (Å²) < 4.78 is 9.77. The number of phenols is 1. The van der Waals surface area contributed by atoms with E-state index in [9.17, 15) is 9.90 Å². The molecule has 0 aromatic heterocycles. The van der Waals surface area contributed by atoms with E-state index in [1.165, 1.54) is 30.5 Å². The van der Waals surface area contributed by atoms with Gasteiger partial charge in [0.25, 0.3) is 0 Å². The SMILES string of the molecule is Cc1cccc(C(=O)N2[I-][C@H]3OC45CCC2C3C42CCN(CC3CC3)C5Cc3ccc(O)cc32)c1. The van der Waals surface area contributed by atoms with Gasteiger partial charge in [-0.3, -0.25) is 0 Å². The molecule has 2 saturated carbocycles. The van der Waals surface area contributed by atoms with Crippen molar-refractivity contribution in [2.75, 3.05) is 13.1 Å². The van der Waals surface area contributed by atoms with Crippen molar-refractivity contribution in [2.24, 2.45) is 11.8 Å². The summed E-state index contributed by atoms with van der Waals surface area (Å²) in [4.78, 5) is 16.6. The molecule has 4 bridgehead atoms. The zero-order valence-corrected chi connectivity index (χ0v) is 22.3. The van der Waals surface area contributed by atoms with Crippen LogP contribution >= 0.6 is 0 Å². The molecule has 3 saturated heterocycles. The number of halogens is 1. The van der Waals surface area contributed by atoms with E-state index in [1.807, 2.05) is 24.3 Å². The van der Waals surface area contributed by atoms with Gasteiger partial charge in [-0.05, 0) is 0 Å². The van der Waals surface area contributed by atoms with Crippen molar-refractivity contribution in [3.8, 4) is 5.75 Å². The topological polar surface area (TPSA) is 53.0 Å². The molecule has 184 valence electrons. The van der Waals surface area contributed by atoms with Gasteiger partial charge < -0.3 is 0 Å². The number of nitrogens with zero attached hydrogens (tertiary/aromatic N) is 2. The molecule has 0 radical (unpaired) electrons. The Balaban J connectivity index is 1.24. The van der Waals surface area contributed by atoms with Crippen LogP contribution in [0.1, 0.15) is 59.2 Å². The number of carbonyl (C=O) groups is 1. The van der Waals surface area contributed by atoms with E-state index >= 15 is 0 Å². The van der Waals surface area contributed by atoms with Crippen LogP contribution in [0, 0.1) is 18.8 Å². The average Bonchev–Trinajstić information content (AvgIpc) is 3.54. The van der Waals surface area contributed by atoms with Crippen LogP contribution in [-0.4, -0.2) is 53.9 Å². The van der Waals surface area contributed by atoms with Gasteiger partial charge in [-0.1, -0.05) is 0 Å². The van der Waals surface area contributed by atoms with Crippen molar-refractivity contribution >= 4 is 5.91 Å². The number of hydrogen-bond acceptors (Lipinski definition) is 4. The fourth-order valence-corrected chi connectivity index (χ4v) is 12.7. The summed E-state index contributed by atoms with van der Waals surface area (Å²) >= 11 is -0.571. The van der Waals surface area contributed by atoms with Crippen LogP contribution in [0.15, 0.2) is 42.5 Å². The Bertz CT molecular complexity index is 1250. The maximum absolute atomic E-state index is 13.8. The number of likely N-dealkylation sites (tertiary alicyclic amines) is 1. The van der Waals surface area contributed by atoms with Crippen molar-refractivity contribution in [3.63, 3.8) is 0 Å². The number of alkyl halides is 1. The summed E-state index contributed by atoms with van der Waals surface area (Å²) in [5.41, 5.74) is 4.44. The summed E-state index contributed by atoms with van der Waals surface area (Å²) in [5.74, 6) is 1.78. The molecule has 5 fully saturated rings. The molecule has 3 heterocycles. The number of carbonyl (C=O) groups excluding carboxylic acids is 1. The number of ether oxygens (including phenoxy) is 1. The molecular weight excluding hydrogens is 551 g/mol. The Hall–Kier alpha value is -1.64. The first-order chi connectivity index (χ1) is 17.0. The number of benzene rings is 2. The van der Waals surface area contributed by atoms with Crippen molar-refractivity contribution in [2.45, 2.75) is 72.7 Å². The molecule has 1 N–H and O–H groups in total. The van der Waals surface area contributed by atoms with E-state index in [1.54, 1.807) is 0 Å². The van der Waals surface area contributed by atoms with Crippen molar-refractivity contribution < 1.29 is 36.1 Å². The van der Waals surface area contributed by atoms with Crippen LogP contribution in [0.3, 0.4) is 0 Å². The van der Waals surface area contributed by atoms with Crippen LogP contribution in [0.2, 0.25) is 0 Å². The van der Waals surface area contributed by atoms with E-state index < -0.39 is 21.5 Å². The van der Waals surface area contributed by atoms with Gasteiger partial charge in [0, 0.05) is 0 Å². The predicted molar refractivity (Wildman–Crippen MR) is 128 cm³/mol. The second kappa shape index (κ2) is 7.23. The number of amides is 1. The van der Waals surface area contributed by atoms with Crippen LogP contribution < -0.4 is 21.5 Å². The molecule has 2 aromatic carbocycles. The van der Waals surface area contributed by atoms with Crippen LogP contribution in [0.4, 0.5) is 0 Å². The Morgan fingerprint density at radius 3 is 2.89 bits per heavy atom. The van der Waals surface area contributed by atoms with Gasteiger partial charge >= 0.3 is 218 Å². The third-order valence-corrected chi connectivity index (χ3v) is 13.4. The Labute approximate surface area is 217 Å². The summed E-state index contributed by atoms with van der Waals surface area (Å²) in [6.45, 7) is 4.38. The molecule has 6 aliphatic rings.